The first-order valence-corrected chi connectivity index (χ1v) is 6.31. The number of nitrogens with one attached hydrogen (secondary N) is 1. The molecule has 2 rings (SSSR count). The van der Waals surface area contributed by atoms with Crippen LogP contribution in [0.25, 0.3) is 0 Å². The summed E-state index contributed by atoms with van der Waals surface area (Å²) < 4.78 is 13.3. The van der Waals surface area contributed by atoms with Crippen LogP contribution in [0.3, 0.4) is 0 Å². The van der Waals surface area contributed by atoms with E-state index in [1.165, 1.54) is 6.07 Å². The van der Waals surface area contributed by atoms with Gasteiger partial charge in [-0.2, -0.15) is 0 Å². The summed E-state index contributed by atoms with van der Waals surface area (Å²) in [6.07, 6.45) is 0.746. The van der Waals surface area contributed by atoms with Gasteiger partial charge in [0.25, 0.3) is 0 Å². The Morgan fingerprint density at radius 1 is 1.21 bits per heavy atom. The van der Waals surface area contributed by atoms with Gasteiger partial charge in [0, 0.05) is 6.04 Å². The Morgan fingerprint density at radius 3 is 2.63 bits per heavy atom. The smallest absolute Gasteiger partial charge is 0.126 e. The van der Waals surface area contributed by atoms with Gasteiger partial charge >= 0.3 is 0 Å². The Kier molecular flexibility index (Phi) is 4.17. The first-order chi connectivity index (χ1) is 9.10. The molecule has 2 aromatic rings. The van der Waals surface area contributed by atoms with Crippen LogP contribution < -0.4 is 5.32 Å². The molecule has 0 spiro atoms. The molecule has 2 N–H and O–H groups in total. The average molecular weight is 259 g/mol. The number of hydrogen-bond donors (Lipinski definition) is 2. The molecule has 0 amide bonds. The van der Waals surface area contributed by atoms with E-state index in [9.17, 15) is 9.50 Å². The molecular weight excluding hydrogens is 241 g/mol. The van der Waals surface area contributed by atoms with Gasteiger partial charge in [0.05, 0.1) is 0 Å². The van der Waals surface area contributed by atoms with Crippen molar-refractivity contribution < 1.29 is 9.50 Å². The number of rotatable bonds is 4. The van der Waals surface area contributed by atoms with Gasteiger partial charge in [-0.1, -0.05) is 24.3 Å². The van der Waals surface area contributed by atoms with Crippen LogP contribution in [0.4, 0.5) is 4.39 Å². The molecule has 19 heavy (non-hydrogen) atoms. The molecule has 2 aromatic carbocycles. The second kappa shape index (κ2) is 5.85. The third-order valence-corrected chi connectivity index (χ3v) is 3.28. The van der Waals surface area contributed by atoms with E-state index >= 15 is 0 Å². The summed E-state index contributed by atoms with van der Waals surface area (Å²) >= 11 is 0. The van der Waals surface area contributed by atoms with Crippen molar-refractivity contribution in [1.29, 1.82) is 0 Å². The highest BCUT2D eigenvalue weighted by Gasteiger charge is 2.11. The van der Waals surface area contributed by atoms with Crippen LogP contribution in [0.2, 0.25) is 0 Å². The molecule has 2 nitrogen and oxygen atoms in total. The zero-order valence-corrected chi connectivity index (χ0v) is 11.2. The summed E-state index contributed by atoms with van der Waals surface area (Å²) in [6.45, 7) is 1.76. The molecular formula is C16H18FNO. The Bertz CT molecular complexity index is 568. The van der Waals surface area contributed by atoms with Crippen LogP contribution in [0.5, 0.6) is 5.75 Å². The van der Waals surface area contributed by atoms with Crippen molar-refractivity contribution in [2.75, 3.05) is 7.05 Å². The number of benzene rings is 2. The average Bonchev–Trinajstić information content (AvgIpc) is 2.39. The van der Waals surface area contributed by atoms with Gasteiger partial charge in [-0.05, 0) is 55.3 Å². The molecule has 0 aliphatic rings. The molecule has 100 valence electrons. The fourth-order valence-corrected chi connectivity index (χ4v) is 2.19. The van der Waals surface area contributed by atoms with E-state index in [1.54, 1.807) is 25.1 Å². The molecule has 0 bridgehead atoms. The van der Waals surface area contributed by atoms with Crippen LogP contribution in [-0.2, 0) is 6.42 Å². The Hall–Kier alpha value is -1.87. The third-order valence-electron chi connectivity index (χ3n) is 3.28. The third kappa shape index (κ3) is 3.32. The molecule has 0 radical (unpaired) electrons. The predicted octanol–water partition coefficient (Wildman–Crippen LogP) is 3.34. The monoisotopic (exact) mass is 259 g/mol. The minimum Gasteiger partial charge on any atom is -0.508 e. The fourth-order valence-electron chi connectivity index (χ4n) is 2.19. The second-order valence-corrected chi connectivity index (χ2v) is 4.72. The summed E-state index contributed by atoms with van der Waals surface area (Å²) in [5.74, 6) is 0.0820. The Labute approximate surface area is 112 Å². The maximum Gasteiger partial charge on any atom is 0.126 e. The lowest BCUT2D eigenvalue weighted by atomic mass is 9.97. The van der Waals surface area contributed by atoms with Gasteiger partial charge in [0.15, 0.2) is 0 Å². The number of likely N-dealkylation sites (N-methyl/N-ethyl adjacent to an activating group) is 1. The van der Waals surface area contributed by atoms with Gasteiger partial charge in [0.1, 0.15) is 11.6 Å². The highest BCUT2D eigenvalue weighted by Crippen LogP contribution is 2.22. The molecule has 0 aliphatic carbocycles. The first kappa shape index (κ1) is 13.6. The van der Waals surface area contributed by atoms with E-state index in [4.69, 9.17) is 0 Å². The second-order valence-electron chi connectivity index (χ2n) is 4.72. The molecule has 0 aliphatic heterocycles. The predicted molar refractivity (Wildman–Crippen MR) is 74.7 cm³/mol. The van der Waals surface area contributed by atoms with Crippen molar-refractivity contribution >= 4 is 0 Å². The van der Waals surface area contributed by atoms with Crippen molar-refractivity contribution in [3.63, 3.8) is 0 Å². The molecule has 0 heterocycles. The molecule has 0 fully saturated rings. The summed E-state index contributed by atoms with van der Waals surface area (Å²) in [5, 5.41) is 12.7. The maximum absolute atomic E-state index is 13.3. The normalized spacial score (nSPS) is 12.4. The van der Waals surface area contributed by atoms with Crippen molar-refractivity contribution in [3.8, 4) is 5.75 Å². The van der Waals surface area contributed by atoms with E-state index < -0.39 is 0 Å². The quantitative estimate of drug-likeness (QED) is 0.882. The van der Waals surface area contributed by atoms with Crippen LogP contribution in [0.15, 0.2) is 42.5 Å². The van der Waals surface area contributed by atoms with Gasteiger partial charge in [-0.3, -0.25) is 0 Å². The molecule has 3 heteroatoms. The first-order valence-electron chi connectivity index (χ1n) is 6.31. The van der Waals surface area contributed by atoms with Crippen molar-refractivity contribution in [1.82, 2.24) is 5.32 Å². The van der Waals surface area contributed by atoms with Crippen LogP contribution in [0, 0.1) is 12.7 Å². The summed E-state index contributed by atoms with van der Waals surface area (Å²) in [4.78, 5) is 0. The lowest BCUT2D eigenvalue weighted by Crippen LogP contribution is -2.19. The van der Waals surface area contributed by atoms with Crippen LogP contribution in [-0.4, -0.2) is 12.2 Å². The van der Waals surface area contributed by atoms with Crippen LogP contribution in [0.1, 0.15) is 22.7 Å². The van der Waals surface area contributed by atoms with E-state index in [2.05, 4.69) is 5.32 Å². The zero-order chi connectivity index (χ0) is 13.8. The fraction of sp³-hybridized carbons (Fsp3) is 0.250. The standard InChI is InChI=1S/C16H18FNO/c1-11-8-13(6-7-15(11)17)16(18-2)10-12-4-3-5-14(19)9-12/h3-9,16,18-19H,10H2,1-2H3. The van der Waals surface area contributed by atoms with Crippen molar-refractivity contribution in [2.24, 2.45) is 0 Å². The Balaban J connectivity index is 2.22. The van der Waals surface area contributed by atoms with E-state index in [-0.39, 0.29) is 17.6 Å². The summed E-state index contributed by atoms with van der Waals surface area (Å²) in [7, 11) is 1.88. The molecule has 0 saturated heterocycles. The molecule has 0 aromatic heterocycles. The van der Waals surface area contributed by atoms with Crippen LogP contribution >= 0.6 is 0 Å². The minimum absolute atomic E-state index is 0.0982. The van der Waals surface area contributed by atoms with Gasteiger partial charge < -0.3 is 10.4 Å². The summed E-state index contributed by atoms with van der Waals surface area (Å²) in [5.41, 5.74) is 2.74. The lowest BCUT2D eigenvalue weighted by Gasteiger charge is -2.17. The van der Waals surface area contributed by atoms with Gasteiger partial charge in [0.2, 0.25) is 0 Å². The summed E-state index contributed by atoms with van der Waals surface area (Å²) in [6, 6.07) is 12.5. The molecule has 1 unspecified atom stereocenters. The maximum atomic E-state index is 13.3. The number of aromatic hydroxyl groups is 1. The Morgan fingerprint density at radius 2 is 2.00 bits per heavy atom. The van der Waals surface area contributed by atoms with E-state index in [0.717, 1.165) is 17.5 Å². The number of hydrogen-bond acceptors (Lipinski definition) is 2. The van der Waals surface area contributed by atoms with Crippen molar-refractivity contribution in [2.45, 2.75) is 19.4 Å². The highest BCUT2D eigenvalue weighted by molar-refractivity contribution is 5.31. The van der Waals surface area contributed by atoms with Crippen molar-refractivity contribution in [3.05, 3.63) is 65.0 Å². The van der Waals surface area contributed by atoms with E-state index in [1.807, 2.05) is 25.2 Å². The zero-order valence-electron chi connectivity index (χ0n) is 11.2. The number of aryl methyl sites for hydroxylation is 1. The lowest BCUT2D eigenvalue weighted by molar-refractivity contribution is 0.473. The topological polar surface area (TPSA) is 32.3 Å². The SMILES string of the molecule is CNC(Cc1cccc(O)c1)c1ccc(F)c(C)c1. The van der Waals surface area contributed by atoms with Gasteiger partial charge in [-0.25, -0.2) is 4.39 Å². The molecule has 0 saturated carbocycles. The number of phenols is 1. The number of phenolic OH excluding ortho intramolecular Hbond substituents is 1. The van der Waals surface area contributed by atoms with Gasteiger partial charge in [-0.15, -0.1) is 0 Å². The molecule has 1 atom stereocenters. The largest absolute Gasteiger partial charge is 0.508 e. The minimum atomic E-state index is -0.184. The van der Waals surface area contributed by atoms with E-state index in [0.29, 0.717) is 5.56 Å². The highest BCUT2D eigenvalue weighted by atomic mass is 19.1. The number of halogens is 1.